The number of rotatable bonds is 6. The van der Waals surface area contributed by atoms with Gasteiger partial charge < -0.3 is 19.7 Å². The van der Waals surface area contributed by atoms with Gasteiger partial charge in [0.05, 0.1) is 12.1 Å². The Bertz CT molecular complexity index is 748. The van der Waals surface area contributed by atoms with E-state index in [0.29, 0.717) is 36.8 Å². The summed E-state index contributed by atoms with van der Waals surface area (Å²) in [5.74, 6) is 0.904. The summed E-state index contributed by atoms with van der Waals surface area (Å²) in [6, 6.07) is 16.2. The lowest BCUT2D eigenvalue weighted by molar-refractivity contribution is 0.0928. The summed E-state index contributed by atoms with van der Waals surface area (Å²) in [6.45, 7) is 3.20. The molecule has 130 valence electrons. The zero-order chi connectivity index (χ0) is 17.6. The monoisotopic (exact) mass is 340 g/mol. The number of ether oxygens (including phenoxy) is 2. The highest BCUT2D eigenvalue weighted by molar-refractivity contribution is 5.97. The average Bonchev–Trinajstić information content (AvgIpc) is 3.01. The molecular formula is C19H20N2O4. The Balaban J connectivity index is 1.66. The average molecular weight is 340 g/mol. The second-order valence-corrected chi connectivity index (χ2v) is 5.85. The van der Waals surface area contributed by atoms with Gasteiger partial charge in [-0.3, -0.25) is 4.79 Å². The van der Waals surface area contributed by atoms with E-state index in [4.69, 9.17) is 9.47 Å². The van der Waals surface area contributed by atoms with Gasteiger partial charge in [-0.1, -0.05) is 30.3 Å². The van der Waals surface area contributed by atoms with E-state index < -0.39 is 0 Å². The highest BCUT2D eigenvalue weighted by Gasteiger charge is 2.24. The third kappa shape index (κ3) is 4.29. The molecule has 1 heterocycles. The van der Waals surface area contributed by atoms with Crippen LogP contribution >= 0.6 is 0 Å². The van der Waals surface area contributed by atoms with Crippen molar-refractivity contribution in [2.24, 2.45) is 0 Å². The fourth-order valence-corrected chi connectivity index (χ4v) is 2.63. The Morgan fingerprint density at radius 2 is 1.92 bits per heavy atom. The van der Waals surface area contributed by atoms with Crippen LogP contribution in [0.5, 0.6) is 11.5 Å². The summed E-state index contributed by atoms with van der Waals surface area (Å²) >= 11 is 0. The van der Waals surface area contributed by atoms with Crippen molar-refractivity contribution in [3.05, 3.63) is 60.2 Å². The maximum Gasteiger partial charge on any atom is 0.410 e. The zero-order valence-corrected chi connectivity index (χ0v) is 14.0. The van der Waals surface area contributed by atoms with Crippen molar-refractivity contribution in [1.29, 1.82) is 0 Å². The Kier molecular flexibility index (Phi) is 5.18. The Morgan fingerprint density at radius 3 is 2.64 bits per heavy atom. The molecule has 0 aliphatic carbocycles. The molecule has 2 aromatic rings. The number of cyclic esters (lactones) is 1. The summed E-state index contributed by atoms with van der Waals surface area (Å²) in [5, 5.41) is 2.90. The summed E-state index contributed by atoms with van der Waals surface area (Å²) in [5.41, 5.74) is 0.446. The van der Waals surface area contributed by atoms with Gasteiger partial charge in [0.1, 0.15) is 18.1 Å². The molecule has 0 radical (unpaired) electrons. The lowest BCUT2D eigenvalue weighted by atomic mass is 10.1. The van der Waals surface area contributed by atoms with Crippen LogP contribution in [0, 0.1) is 0 Å². The number of hydrogen-bond acceptors (Lipinski definition) is 4. The van der Waals surface area contributed by atoms with E-state index in [1.807, 2.05) is 43.3 Å². The predicted molar refractivity (Wildman–Crippen MR) is 92.8 cm³/mol. The van der Waals surface area contributed by atoms with Crippen molar-refractivity contribution in [2.45, 2.75) is 13.0 Å². The number of para-hydroxylation sites is 2. The Labute approximate surface area is 146 Å². The van der Waals surface area contributed by atoms with Gasteiger partial charge in [-0.25, -0.2) is 4.79 Å². The third-order valence-electron chi connectivity index (χ3n) is 3.82. The Hall–Kier alpha value is -3.02. The van der Waals surface area contributed by atoms with Crippen LogP contribution < -0.4 is 10.1 Å². The fourth-order valence-electron chi connectivity index (χ4n) is 2.63. The van der Waals surface area contributed by atoms with Crippen molar-refractivity contribution in [3.63, 3.8) is 0 Å². The van der Waals surface area contributed by atoms with E-state index in [1.165, 1.54) is 0 Å². The molecule has 1 saturated heterocycles. The fraction of sp³-hybridized carbons (Fsp3) is 0.263. The van der Waals surface area contributed by atoms with Crippen LogP contribution in [-0.2, 0) is 4.74 Å². The molecule has 1 aliphatic heterocycles. The van der Waals surface area contributed by atoms with Gasteiger partial charge in [0, 0.05) is 12.6 Å². The van der Waals surface area contributed by atoms with Crippen LogP contribution in [0.4, 0.5) is 4.79 Å². The minimum atomic E-state index is -0.339. The van der Waals surface area contributed by atoms with Crippen LogP contribution in [0.3, 0.4) is 0 Å². The highest BCUT2D eigenvalue weighted by atomic mass is 16.6. The second kappa shape index (κ2) is 7.70. The third-order valence-corrected chi connectivity index (χ3v) is 3.82. The molecule has 0 saturated carbocycles. The number of hydrogen-bond donors (Lipinski definition) is 1. The smallest absolute Gasteiger partial charge is 0.410 e. The van der Waals surface area contributed by atoms with E-state index in [9.17, 15) is 9.59 Å². The van der Waals surface area contributed by atoms with Crippen molar-refractivity contribution < 1.29 is 19.1 Å². The van der Waals surface area contributed by atoms with E-state index in [1.54, 1.807) is 23.1 Å². The predicted octanol–water partition coefficient (Wildman–Crippen LogP) is 3.05. The summed E-state index contributed by atoms with van der Waals surface area (Å²) in [4.78, 5) is 25.7. The minimum Gasteiger partial charge on any atom is -0.457 e. The van der Waals surface area contributed by atoms with Gasteiger partial charge in [-0.05, 0) is 31.2 Å². The number of amides is 2. The number of nitrogens with zero attached hydrogens (tertiary/aromatic N) is 1. The maximum atomic E-state index is 12.6. The van der Waals surface area contributed by atoms with Crippen molar-refractivity contribution in [3.8, 4) is 11.5 Å². The molecule has 2 aromatic carbocycles. The first kappa shape index (κ1) is 16.8. The van der Waals surface area contributed by atoms with Crippen molar-refractivity contribution in [1.82, 2.24) is 10.2 Å². The first-order chi connectivity index (χ1) is 12.1. The van der Waals surface area contributed by atoms with Crippen LogP contribution in [-0.4, -0.2) is 42.6 Å². The minimum absolute atomic E-state index is 0.206. The molecule has 0 bridgehead atoms. The highest BCUT2D eigenvalue weighted by Crippen LogP contribution is 2.25. The number of nitrogens with one attached hydrogen (secondary N) is 1. The normalized spacial score (nSPS) is 14.8. The number of benzene rings is 2. The molecule has 0 spiro atoms. The number of carbonyl (C=O) groups excluding carboxylic acids is 2. The molecular weight excluding hydrogens is 320 g/mol. The van der Waals surface area contributed by atoms with Gasteiger partial charge in [0.25, 0.3) is 5.91 Å². The van der Waals surface area contributed by atoms with Gasteiger partial charge >= 0.3 is 6.09 Å². The molecule has 2 amide bonds. The van der Waals surface area contributed by atoms with Crippen LogP contribution in [0.1, 0.15) is 17.3 Å². The molecule has 0 aromatic heterocycles. The first-order valence-electron chi connectivity index (χ1n) is 8.18. The van der Waals surface area contributed by atoms with Crippen LogP contribution in [0.2, 0.25) is 0 Å². The first-order valence-corrected chi connectivity index (χ1v) is 8.18. The molecule has 6 heteroatoms. The van der Waals surface area contributed by atoms with E-state index in [2.05, 4.69) is 5.32 Å². The van der Waals surface area contributed by atoms with Crippen molar-refractivity contribution in [2.75, 3.05) is 19.7 Å². The molecule has 6 nitrogen and oxygen atoms in total. The van der Waals surface area contributed by atoms with E-state index >= 15 is 0 Å². The SMILES string of the molecule is C[C@H](CN1CCOC1=O)NC(=O)c1ccccc1Oc1ccccc1. The van der Waals surface area contributed by atoms with Gasteiger partial charge in [-0.15, -0.1) is 0 Å². The summed E-state index contributed by atoms with van der Waals surface area (Å²) < 4.78 is 10.7. The maximum absolute atomic E-state index is 12.6. The molecule has 1 atom stereocenters. The second-order valence-electron chi connectivity index (χ2n) is 5.85. The molecule has 25 heavy (non-hydrogen) atoms. The molecule has 1 aliphatic rings. The zero-order valence-electron chi connectivity index (χ0n) is 14.0. The van der Waals surface area contributed by atoms with Gasteiger partial charge in [0.2, 0.25) is 0 Å². The van der Waals surface area contributed by atoms with Gasteiger partial charge in [-0.2, -0.15) is 0 Å². The van der Waals surface area contributed by atoms with Crippen LogP contribution in [0.25, 0.3) is 0 Å². The summed E-state index contributed by atoms with van der Waals surface area (Å²) in [6.07, 6.45) is -0.339. The number of carbonyl (C=O) groups is 2. The molecule has 1 N–H and O–H groups in total. The topological polar surface area (TPSA) is 67.9 Å². The largest absolute Gasteiger partial charge is 0.457 e. The molecule has 3 rings (SSSR count). The standard InChI is InChI=1S/C19H20N2O4/c1-14(13-21-11-12-24-19(21)23)20-18(22)16-9-5-6-10-17(16)25-15-7-3-2-4-8-15/h2-10,14H,11-13H2,1H3,(H,20,22)/t14-/m1/s1. The van der Waals surface area contributed by atoms with E-state index in [-0.39, 0.29) is 18.0 Å². The quantitative estimate of drug-likeness (QED) is 0.878. The van der Waals surface area contributed by atoms with E-state index in [0.717, 1.165) is 0 Å². The summed E-state index contributed by atoms with van der Waals surface area (Å²) in [7, 11) is 0. The molecule has 0 unspecified atom stereocenters. The van der Waals surface area contributed by atoms with Crippen molar-refractivity contribution >= 4 is 12.0 Å². The molecule has 1 fully saturated rings. The van der Waals surface area contributed by atoms with Gasteiger partial charge in [0.15, 0.2) is 0 Å². The van der Waals surface area contributed by atoms with Crippen LogP contribution in [0.15, 0.2) is 54.6 Å². The lowest BCUT2D eigenvalue weighted by Crippen LogP contribution is -2.42. The Morgan fingerprint density at radius 1 is 1.20 bits per heavy atom. The lowest BCUT2D eigenvalue weighted by Gasteiger charge is -2.20.